The van der Waals surface area contributed by atoms with Crippen LogP contribution in [0.1, 0.15) is 30.0 Å². The fourth-order valence-electron chi connectivity index (χ4n) is 1.97. The summed E-state index contributed by atoms with van der Waals surface area (Å²) in [4.78, 5) is 15.7. The van der Waals surface area contributed by atoms with Crippen LogP contribution in [0.25, 0.3) is 18.2 Å². The first kappa shape index (κ1) is 16.8. The van der Waals surface area contributed by atoms with Crippen LogP contribution >= 0.6 is 0 Å². The second-order valence-electron chi connectivity index (χ2n) is 5.03. The molecule has 0 aliphatic rings. The van der Waals surface area contributed by atoms with Crippen molar-refractivity contribution < 1.29 is 9.53 Å². The molecule has 1 heterocycles. The van der Waals surface area contributed by atoms with Crippen LogP contribution in [0.4, 0.5) is 0 Å². The van der Waals surface area contributed by atoms with Crippen molar-refractivity contribution >= 4 is 24.0 Å². The number of pyridine rings is 1. The molecule has 0 atom stereocenters. The number of nitrogens with zero attached hydrogens (tertiary/aromatic N) is 1. The molecule has 3 nitrogen and oxygen atoms in total. The third-order valence-electron chi connectivity index (χ3n) is 3.25. The van der Waals surface area contributed by atoms with Gasteiger partial charge in [-0.1, -0.05) is 48.6 Å². The molecule has 118 valence electrons. The van der Waals surface area contributed by atoms with E-state index < -0.39 is 0 Å². The summed E-state index contributed by atoms with van der Waals surface area (Å²) < 4.78 is 5.17. The Hall–Kier alpha value is -2.52. The van der Waals surface area contributed by atoms with Crippen molar-refractivity contribution in [2.24, 2.45) is 0 Å². The van der Waals surface area contributed by atoms with Crippen LogP contribution < -0.4 is 0 Å². The van der Waals surface area contributed by atoms with Gasteiger partial charge in [-0.05, 0) is 35.8 Å². The SMILES string of the molecule is CCOCCC(=O)/C=C/c1ccc(/C=C/c2cccnc2)cc1. The van der Waals surface area contributed by atoms with Crippen molar-refractivity contribution in [2.75, 3.05) is 13.2 Å². The van der Waals surface area contributed by atoms with E-state index in [-0.39, 0.29) is 5.78 Å². The number of aromatic nitrogens is 1. The van der Waals surface area contributed by atoms with Crippen LogP contribution in [-0.2, 0) is 9.53 Å². The Morgan fingerprint density at radius 1 is 1.04 bits per heavy atom. The first-order valence-electron chi connectivity index (χ1n) is 7.75. The van der Waals surface area contributed by atoms with E-state index in [1.165, 1.54) is 0 Å². The van der Waals surface area contributed by atoms with Crippen LogP contribution in [0.2, 0.25) is 0 Å². The van der Waals surface area contributed by atoms with Gasteiger partial charge in [-0.15, -0.1) is 0 Å². The minimum Gasteiger partial charge on any atom is -0.381 e. The highest BCUT2D eigenvalue weighted by Crippen LogP contribution is 2.10. The molecular formula is C20H21NO2. The second kappa shape index (κ2) is 9.49. The fourth-order valence-corrected chi connectivity index (χ4v) is 1.97. The van der Waals surface area contributed by atoms with Gasteiger partial charge in [0.1, 0.15) is 0 Å². The van der Waals surface area contributed by atoms with E-state index >= 15 is 0 Å². The minimum atomic E-state index is 0.0824. The molecule has 1 aromatic carbocycles. The molecule has 0 unspecified atom stereocenters. The zero-order chi connectivity index (χ0) is 16.3. The van der Waals surface area contributed by atoms with Gasteiger partial charge in [0.25, 0.3) is 0 Å². The number of ketones is 1. The van der Waals surface area contributed by atoms with Gasteiger partial charge in [0.2, 0.25) is 0 Å². The van der Waals surface area contributed by atoms with Crippen LogP contribution in [0.5, 0.6) is 0 Å². The molecule has 3 heteroatoms. The topological polar surface area (TPSA) is 39.2 Å². The largest absolute Gasteiger partial charge is 0.381 e. The van der Waals surface area contributed by atoms with Crippen molar-refractivity contribution in [3.8, 4) is 0 Å². The lowest BCUT2D eigenvalue weighted by molar-refractivity contribution is -0.115. The molecule has 2 aromatic rings. The summed E-state index contributed by atoms with van der Waals surface area (Å²) in [6.07, 6.45) is 11.5. The maximum Gasteiger partial charge on any atom is 0.158 e. The molecule has 0 aliphatic heterocycles. The lowest BCUT2D eigenvalue weighted by Crippen LogP contribution is -2.00. The monoisotopic (exact) mass is 307 g/mol. The molecule has 0 N–H and O–H groups in total. The molecule has 0 saturated heterocycles. The van der Waals surface area contributed by atoms with Crippen LogP contribution in [0.3, 0.4) is 0 Å². The maximum atomic E-state index is 11.6. The van der Waals surface area contributed by atoms with Gasteiger partial charge in [0.05, 0.1) is 6.61 Å². The first-order chi connectivity index (χ1) is 11.3. The molecule has 2 rings (SSSR count). The smallest absolute Gasteiger partial charge is 0.158 e. The van der Waals surface area contributed by atoms with Gasteiger partial charge in [0, 0.05) is 25.4 Å². The summed E-state index contributed by atoms with van der Waals surface area (Å²) in [6, 6.07) is 12.0. The zero-order valence-corrected chi connectivity index (χ0v) is 13.3. The number of carbonyl (C=O) groups is 1. The molecule has 0 fully saturated rings. The summed E-state index contributed by atoms with van der Waals surface area (Å²) in [7, 11) is 0. The van der Waals surface area contributed by atoms with Gasteiger partial charge in [-0.25, -0.2) is 0 Å². The summed E-state index contributed by atoms with van der Waals surface area (Å²) in [6.45, 7) is 3.05. The number of carbonyl (C=O) groups excluding carboxylic acids is 1. The number of hydrogen-bond acceptors (Lipinski definition) is 3. The molecule has 23 heavy (non-hydrogen) atoms. The molecule has 0 spiro atoms. The number of allylic oxidation sites excluding steroid dienone is 1. The van der Waals surface area contributed by atoms with Crippen LogP contribution in [0.15, 0.2) is 54.9 Å². The first-order valence-corrected chi connectivity index (χ1v) is 7.75. The fraction of sp³-hybridized carbons (Fsp3) is 0.200. The highest BCUT2D eigenvalue weighted by molar-refractivity contribution is 5.93. The third-order valence-corrected chi connectivity index (χ3v) is 3.25. The second-order valence-corrected chi connectivity index (χ2v) is 5.03. The Labute approximate surface area is 137 Å². The number of hydrogen-bond donors (Lipinski definition) is 0. The Kier molecular flexibility index (Phi) is 6.95. The molecule has 0 saturated carbocycles. The summed E-state index contributed by atoms with van der Waals surface area (Å²) in [5.74, 6) is 0.0824. The van der Waals surface area contributed by atoms with E-state index in [4.69, 9.17) is 4.74 Å². The average Bonchev–Trinajstić information content (AvgIpc) is 2.60. The minimum absolute atomic E-state index is 0.0824. The van der Waals surface area contributed by atoms with Gasteiger partial charge in [0.15, 0.2) is 5.78 Å². The quantitative estimate of drug-likeness (QED) is 0.540. The van der Waals surface area contributed by atoms with Crippen LogP contribution in [-0.4, -0.2) is 24.0 Å². The van der Waals surface area contributed by atoms with Crippen LogP contribution in [0, 0.1) is 0 Å². The summed E-state index contributed by atoms with van der Waals surface area (Å²) >= 11 is 0. The Balaban J connectivity index is 1.89. The molecule has 0 aliphatic carbocycles. The predicted molar refractivity (Wildman–Crippen MR) is 94.8 cm³/mol. The number of rotatable bonds is 8. The van der Waals surface area contributed by atoms with Crippen molar-refractivity contribution in [3.63, 3.8) is 0 Å². The van der Waals surface area contributed by atoms with E-state index in [0.29, 0.717) is 19.6 Å². The molecule has 0 radical (unpaired) electrons. The summed E-state index contributed by atoms with van der Waals surface area (Å²) in [5, 5.41) is 0. The van der Waals surface area contributed by atoms with E-state index in [1.807, 2.05) is 67.7 Å². The van der Waals surface area contributed by atoms with E-state index in [0.717, 1.165) is 16.7 Å². The number of ether oxygens (including phenoxy) is 1. The maximum absolute atomic E-state index is 11.6. The van der Waals surface area contributed by atoms with Gasteiger partial charge in [-0.3, -0.25) is 9.78 Å². The van der Waals surface area contributed by atoms with Gasteiger partial charge >= 0.3 is 0 Å². The average molecular weight is 307 g/mol. The van der Waals surface area contributed by atoms with E-state index in [1.54, 1.807) is 12.3 Å². The molecule has 1 aromatic heterocycles. The van der Waals surface area contributed by atoms with Crippen molar-refractivity contribution in [1.82, 2.24) is 4.98 Å². The molecular weight excluding hydrogens is 286 g/mol. The highest BCUT2D eigenvalue weighted by atomic mass is 16.5. The lowest BCUT2D eigenvalue weighted by atomic mass is 10.1. The zero-order valence-electron chi connectivity index (χ0n) is 13.3. The number of benzene rings is 1. The standard InChI is InChI=1S/C20H21NO2/c1-2-23-15-13-20(22)12-11-18-7-5-17(6-8-18)9-10-19-4-3-14-21-16-19/h3-12,14,16H,2,13,15H2,1H3/b10-9+,12-11+. The Morgan fingerprint density at radius 3 is 2.39 bits per heavy atom. The lowest BCUT2D eigenvalue weighted by Gasteiger charge is -1.98. The van der Waals surface area contributed by atoms with Crippen molar-refractivity contribution in [1.29, 1.82) is 0 Å². The summed E-state index contributed by atoms with van der Waals surface area (Å²) in [5.41, 5.74) is 3.18. The Morgan fingerprint density at radius 2 is 1.74 bits per heavy atom. The molecule has 0 amide bonds. The predicted octanol–water partition coefficient (Wildman–Crippen LogP) is 4.26. The van der Waals surface area contributed by atoms with Crippen molar-refractivity contribution in [3.05, 3.63) is 71.6 Å². The molecule has 0 bridgehead atoms. The van der Waals surface area contributed by atoms with Gasteiger partial charge in [-0.2, -0.15) is 0 Å². The highest BCUT2D eigenvalue weighted by Gasteiger charge is 1.96. The van der Waals surface area contributed by atoms with Gasteiger partial charge < -0.3 is 4.74 Å². The normalized spacial score (nSPS) is 11.3. The third kappa shape index (κ3) is 6.41. The Bertz CT molecular complexity index is 658. The van der Waals surface area contributed by atoms with E-state index in [9.17, 15) is 4.79 Å². The van der Waals surface area contributed by atoms with Crippen molar-refractivity contribution in [2.45, 2.75) is 13.3 Å². The van der Waals surface area contributed by atoms with E-state index in [2.05, 4.69) is 4.98 Å².